The van der Waals surface area contributed by atoms with Crippen LogP contribution in [0, 0.1) is 10.8 Å². The van der Waals surface area contributed by atoms with Crippen molar-refractivity contribution < 1.29 is 49.5 Å². The molecule has 0 aliphatic rings. The molecule has 21 N–H and O–H groups in total. The summed E-state index contributed by atoms with van der Waals surface area (Å²) in [5.41, 5.74) is 29.8. The van der Waals surface area contributed by atoms with Crippen LogP contribution >= 0.6 is 0 Å². The maximum Gasteiger partial charge on any atom is 0.321 e. The lowest BCUT2D eigenvalue weighted by atomic mass is 10.2. The third-order valence-corrected chi connectivity index (χ3v) is 3.54. The zero-order chi connectivity index (χ0) is 30.8. The summed E-state index contributed by atoms with van der Waals surface area (Å²) < 4.78 is 0. The number of nitrogens with two attached hydrogens (primary N) is 6. The highest BCUT2D eigenvalue weighted by molar-refractivity contribution is 5.80. The van der Waals surface area contributed by atoms with Gasteiger partial charge in [-0.05, 0) is 25.7 Å². The van der Waals surface area contributed by atoms with Crippen molar-refractivity contribution in [3.05, 3.63) is 0 Å². The minimum absolute atomic E-state index is 0.112. The average Bonchev–Trinajstić information content (AvgIpc) is 2.79. The normalized spacial score (nSPS) is 11.6. The van der Waals surface area contributed by atoms with Crippen LogP contribution in [0.4, 0.5) is 0 Å². The summed E-state index contributed by atoms with van der Waals surface area (Å²) in [5.74, 6) is -5.69. The summed E-state index contributed by atoms with van der Waals surface area (Å²) in [6.07, 6.45) is 1.42. The topological polar surface area (TPSA) is 414 Å². The van der Waals surface area contributed by atoms with E-state index in [1.165, 1.54) is 0 Å². The first-order chi connectivity index (χ1) is 17.4. The molecular formula is C18H40N10O10. The summed E-state index contributed by atoms with van der Waals surface area (Å²) in [6, 6.07) is -2.93. The molecule has 0 amide bonds. The van der Waals surface area contributed by atoms with Crippen molar-refractivity contribution in [3.63, 3.8) is 0 Å². The third-order valence-electron chi connectivity index (χ3n) is 3.54. The van der Waals surface area contributed by atoms with Crippen LogP contribution < -0.4 is 45.0 Å². The van der Waals surface area contributed by atoms with Crippen molar-refractivity contribution in [2.75, 3.05) is 19.6 Å². The monoisotopic (exact) mass is 556 g/mol. The molecule has 0 heterocycles. The fraction of sp³-hybridized carbons (Fsp3) is 0.611. The fourth-order valence-electron chi connectivity index (χ4n) is 1.61. The van der Waals surface area contributed by atoms with E-state index in [-0.39, 0.29) is 18.5 Å². The van der Waals surface area contributed by atoms with E-state index in [4.69, 9.17) is 65.0 Å². The van der Waals surface area contributed by atoms with Crippen LogP contribution in [0.15, 0.2) is 0 Å². The van der Waals surface area contributed by atoms with Gasteiger partial charge in [0.25, 0.3) is 0 Å². The van der Waals surface area contributed by atoms with Crippen LogP contribution in [0.3, 0.4) is 0 Å². The van der Waals surface area contributed by atoms with Gasteiger partial charge in [0.1, 0.15) is 18.1 Å². The second-order valence-corrected chi connectivity index (χ2v) is 7.00. The molecule has 0 fully saturated rings. The number of carboxylic acids is 5. The maximum atomic E-state index is 10.2. The highest BCUT2D eigenvalue weighted by atomic mass is 16.4. The number of carbonyl (C=O) groups is 5. The summed E-state index contributed by atoms with van der Waals surface area (Å²) in [4.78, 5) is 49.3. The zero-order valence-corrected chi connectivity index (χ0v) is 20.6. The molecule has 0 saturated carbocycles. The molecule has 3 atom stereocenters. The molecule has 0 aromatic rings. The first-order valence-corrected chi connectivity index (χ1v) is 10.6. The molecule has 0 bridgehead atoms. The lowest BCUT2D eigenvalue weighted by Crippen LogP contribution is -2.34. The van der Waals surface area contributed by atoms with E-state index in [1.807, 2.05) is 0 Å². The predicted octanol–water partition coefficient (Wildman–Crippen LogP) is -4.77. The SMILES string of the molecule is N=C(N)NCCCC(N)C(=O)O.N=C(N)NCCCC(N)C(=O)O.NC(CC(=O)O)C(=O)O.NCC(=O)O. The maximum absolute atomic E-state index is 10.2. The minimum Gasteiger partial charge on any atom is -0.481 e. The number of hydrogen-bond donors (Lipinski definition) is 15. The van der Waals surface area contributed by atoms with Crippen LogP contribution in [-0.2, 0) is 24.0 Å². The molecule has 0 rings (SSSR count). The Labute approximate surface area is 217 Å². The Balaban J connectivity index is -0.000000211. The molecule has 0 spiro atoms. The van der Waals surface area contributed by atoms with Crippen molar-refractivity contribution in [1.82, 2.24) is 10.6 Å². The first-order valence-electron chi connectivity index (χ1n) is 10.6. The van der Waals surface area contributed by atoms with Gasteiger partial charge < -0.3 is 70.6 Å². The van der Waals surface area contributed by atoms with Gasteiger partial charge in [-0.15, -0.1) is 0 Å². The van der Waals surface area contributed by atoms with Gasteiger partial charge in [-0.1, -0.05) is 0 Å². The van der Waals surface area contributed by atoms with E-state index in [0.717, 1.165) is 0 Å². The Morgan fingerprint density at radius 1 is 0.632 bits per heavy atom. The zero-order valence-electron chi connectivity index (χ0n) is 20.6. The summed E-state index contributed by atoms with van der Waals surface area (Å²) in [6.45, 7) is 0.687. The Morgan fingerprint density at radius 3 is 1.08 bits per heavy atom. The predicted molar refractivity (Wildman–Crippen MR) is 134 cm³/mol. The molecule has 0 aliphatic carbocycles. The second kappa shape index (κ2) is 25.8. The Bertz CT molecular complexity index is 715. The quantitative estimate of drug-likeness (QED) is 0.0541. The van der Waals surface area contributed by atoms with E-state index in [2.05, 4.69) is 16.4 Å². The number of aliphatic carboxylic acids is 5. The van der Waals surface area contributed by atoms with E-state index in [0.29, 0.717) is 38.8 Å². The van der Waals surface area contributed by atoms with Gasteiger partial charge in [-0.3, -0.25) is 34.8 Å². The van der Waals surface area contributed by atoms with Crippen molar-refractivity contribution in [1.29, 1.82) is 10.8 Å². The van der Waals surface area contributed by atoms with Gasteiger partial charge in [-0.25, -0.2) is 0 Å². The largest absolute Gasteiger partial charge is 0.481 e. The van der Waals surface area contributed by atoms with Gasteiger partial charge in [0.05, 0.1) is 13.0 Å². The minimum atomic E-state index is -1.29. The van der Waals surface area contributed by atoms with Crippen LogP contribution in [0.25, 0.3) is 0 Å². The molecule has 3 unspecified atom stereocenters. The molecule has 20 nitrogen and oxygen atoms in total. The molecule has 0 saturated heterocycles. The lowest BCUT2D eigenvalue weighted by molar-refractivity contribution is -0.144. The second-order valence-electron chi connectivity index (χ2n) is 7.00. The van der Waals surface area contributed by atoms with E-state index in [1.54, 1.807) is 0 Å². The van der Waals surface area contributed by atoms with Crippen molar-refractivity contribution in [2.45, 2.75) is 50.2 Å². The van der Waals surface area contributed by atoms with Crippen molar-refractivity contribution in [3.8, 4) is 0 Å². The van der Waals surface area contributed by atoms with E-state index in [9.17, 15) is 24.0 Å². The number of hydrogen-bond acceptors (Lipinski definition) is 11. The number of guanidine groups is 2. The van der Waals surface area contributed by atoms with Gasteiger partial charge in [-0.2, -0.15) is 0 Å². The molecule has 0 radical (unpaired) electrons. The summed E-state index contributed by atoms with van der Waals surface area (Å²) in [5, 5.41) is 59.1. The lowest BCUT2D eigenvalue weighted by Gasteiger charge is -2.06. The summed E-state index contributed by atoms with van der Waals surface area (Å²) >= 11 is 0. The number of carboxylic acid groups (broad SMARTS) is 5. The third kappa shape index (κ3) is 39.0. The number of rotatable bonds is 14. The highest BCUT2D eigenvalue weighted by Crippen LogP contribution is 1.93. The van der Waals surface area contributed by atoms with Crippen molar-refractivity contribution in [2.24, 2.45) is 34.4 Å². The smallest absolute Gasteiger partial charge is 0.321 e. The Hall–Kier alpha value is -4.27. The van der Waals surface area contributed by atoms with Crippen LogP contribution in [0.1, 0.15) is 32.1 Å². The molecule has 0 aromatic heterocycles. The van der Waals surface area contributed by atoms with Gasteiger partial charge in [0.2, 0.25) is 0 Å². The van der Waals surface area contributed by atoms with Crippen LogP contribution in [0.5, 0.6) is 0 Å². The Morgan fingerprint density at radius 2 is 0.921 bits per heavy atom. The molecule has 38 heavy (non-hydrogen) atoms. The molecule has 0 aromatic carbocycles. The van der Waals surface area contributed by atoms with Crippen LogP contribution in [0.2, 0.25) is 0 Å². The van der Waals surface area contributed by atoms with Crippen LogP contribution in [-0.4, -0.2) is 105 Å². The molecule has 0 aliphatic heterocycles. The van der Waals surface area contributed by atoms with Gasteiger partial charge in [0.15, 0.2) is 11.9 Å². The summed E-state index contributed by atoms with van der Waals surface area (Å²) in [7, 11) is 0. The molecular weight excluding hydrogens is 516 g/mol. The standard InChI is InChI=1S/2C6H14N4O2.C4H7NO4.C2H5NO2/c2*7-4(5(11)12)2-1-3-10-6(8)9;5-2(4(8)9)1-3(6)7;3-1-2(4)5/h2*4H,1-3,7H2,(H,11,12)(H4,8,9,10);2H,1,5H2,(H,6,7)(H,8,9);1,3H2,(H,4,5). The molecule has 222 valence electrons. The number of nitrogens with one attached hydrogen (secondary N) is 4. The molecule has 20 heteroatoms. The average molecular weight is 557 g/mol. The fourth-order valence-corrected chi connectivity index (χ4v) is 1.61. The van der Waals surface area contributed by atoms with Gasteiger partial charge in [0, 0.05) is 13.1 Å². The van der Waals surface area contributed by atoms with E-state index >= 15 is 0 Å². The first kappa shape index (κ1) is 40.9. The highest BCUT2D eigenvalue weighted by Gasteiger charge is 2.14. The Kier molecular flexibility index (Phi) is 27.8. The van der Waals surface area contributed by atoms with Crippen molar-refractivity contribution >= 4 is 41.8 Å². The van der Waals surface area contributed by atoms with Gasteiger partial charge >= 0.3 is 29.8 Å². The van der Waals surface area contributed by atoms with E-state index < -0.39 is 54.4 Å².